The maximum Gasteiger partial charge on any atom is 0.343 e. The molecule has 2 aromatic carbocycles. The van der Waals surface area contributed by atoms with Crippen molar-refractivity contribution in [3.63, 3.8) is 0 Å². The summed E-state index contributed by atoms with van der Waals surface area (Å²) in [6.45, 7) is 6.31. The normalized spacial score (nSPS) is 20.4. The van der Waals surface area contributed by atoms with Crippen LogP contribution in [0.4, 0.5) is 0 Å². The molecule has 0 saturated heterocycles. The highest BCUT2D eigenvalue weighted by atomic mass is 16.5. The van der Waals surface area contributed by atoms with E-state index in [4.69, 9.17) is 14.2 Å². The van der Waals surface area contributed by atoms with Crippen molar-refractivity contribution < 1.29 is 19.0 Å². The van der Waals surface area contributed by atoms with Crippen LogP contribution in [-0.4, -0.2) is 25.3 Å². The van der Waals surface area contributed by atoms with Gasteiger partial charge < -0.3 is 14.2 Å². The number of hydrogen-bond donors (Lipinski definition) is 0. The molecular formula is C28H38O4. The lowest BCUT2D eigenvalue weighted by atomic mass is 9.77. The van der Waals surface area contributed by atoms with E-state index in [1.807, 2.05) is 38.1 Å². The Morgan fingerprint density at radius 2 is 1.53 bits per heavy atom. The maximum absolute atomic E-state index is 12.5. The lowest BCUT2D eigenvalue weighted by Gasteiger charge is -2.28. The van der Waals surface area contributed by atoms with Crippen LogP contribution in [-0.2, 0) is 4.74 Å². The average Bonchev–Trinajstić information content (AvgIpc) is 2.80. The summed E-state index contributed by atoms with van der Waals surface area (Å²) in [7, 11) is 1.70. The molecule has 0 spiro atoms. The predicted octanol–water partition coefficient (Wildman–Crippen LogP) is 7.17. The molecule has 32 heavy (non-hydrogen) atoms. The minimum atomic E-state index is -0.356. The van der Waals surface area contributed by atoms with Crippen LogP contribution in [0.1, 0.15) is 87.6 Å². The number of esters is 1. The standard InChI is InChI=1S/C28H38O4/c1-5-6-22-7-9-23(10-8-22)24-11-15-27(16-12-24)32-28(29)25-13-17-26(18-14-25)31-21(3)19-20(2)30-4/h11-18,20-23H,5-10,19H2,1-4H3. The van der Waals surface area contributed by atoms with Crippen LogP contribution in [0.15, 0.2) is 48.5 Å². The van der Waals surface area contributed by atoms with Crippen LogP contribution in [0.5, 0.6) is 11.5 Å². The predicted molar refractivity (Wildman–Crippen MR) is 129 cm³/mol. The van der Waals surface area contributed by atoms with Crippen molar-refractivity contribution in [2.75, 3.05) is 7.11 Å². The summed E-state index contributed by atoms with van der Waals surface area (Å²) >= 11 is 0. The highest BCUT2D eigenvalue weighted by Gasteiger charge is 2.22. The van der Waals surface area contributed by atoms with Gasteiger partial charge >= 0.3 is 5.97 Å². The highest BCUT2D eigenvalue weighted by Crippen LogP contribution is 2.37. The minimum Gasteiger partial charge on any atom is -0.491 e. The number of rotatable bonds is 10. The Morgan fingerprint density at radius 3 is 2.12 bits per heavy atom. The second-order valence-corrected chi connectivity index (χ2v) is 9.20. The lowest BCUT2D eigenvalue weighted by molar-refractivity contribution is 0.0719. The van der Waals surface area contributed by atoms with Crippen LogP contribution in [0.3, 0.4) is 0 Å². The first-order chi connectivity index (χ1) is 15.5. The number of methoxy groups -OCH3 is 1. The zero-order chi connectivity index (χ0) is 22.9. The number of carbonyl (C=O) groups excluding carboxylic acids is 1. The van der Waals surface area contributed by atoms with Gasteiger partial charge in [0, 0.05) is 13.5 Å². The lowest BCUT2D eigenvalue weighted by Crippen LogP contribution is -2.19. The topological polar surface area (TPSA) is 44.8 Å². The molecule has 1 fully saturated rings. The fourth-order valence-corrected chi connectivity index (χ4v) is 4.68. The van der Waals surface area contributed by atoms with E-state index in [2.05, 4.69) is 19.1 Å². The van der Waals surface area contributed by atoms with Gasteiger partial charge in [0.2, 0.25) is 0 Å². The van der Waals surface area contributed by atoms with E-state index >= 15 is 0 Å². The smallest absolute Gasteiger partial charge is 0.343 e. The van der Waals surface area contributed by atoms with E-state index in [-0.39, 0.29) is 18.2 Å². The second kappa shape index (κ2) is 12.1. The van der Waals surface area contributed by atoms with Crippen LogP contribution in [0, 0.1) is 5.92 Å². The molecule has 0 heterocycles. The zero-order valence-electron chi connectivity index (χ0n) is 20.0. The number of carbonyl (C=O) groups is 1. The van der Waals surface area contributed by atoms with Crippen molar-refractivity contribution in [3.05, 3.63) is 59.7 Å². The summed E-state index contributed by atoms with van der Waals surface area (Å²) in [6.07, 6.45) is 8.82. The summed E-state index contributed by atoms with van der Waals surface area (Å²) in [5.74, 6) is 2.50. The second-order valence-electron chi connectivity index (χ2n) is 9.20. The molecule has 0 aromatic heterocycles. The molecule has 2 aromatic rings. The third kappa shape index (κ3) is 7.09. The van der Waals surface area contributed by atoms with Crippen LogP contribution in [0.25, 0.3) is 0 Å². The van der Waals surface area contributed by atoms with Gasteiger partial charge in [-0.1, -0.05) is 31.9 Å². The molecule has 0 amide bonds. The van der Waals surface area contributed by atoms with Crippen molar-refractivity contribution in [1.29, 1.82) is 0 Å². The van der Waals surface area contributed by atoms with Crippen LogP contribution in [0.2, 0.25) is 0 Å². The van der Waals surface area contributed by atoms with Gasteiger partial charge in [0.15, 0.2) is 0 Å². The molecule has 1 saturated carbocycles. The summed E-state index contributed by atoms with van der Waals surface area (Å²) in [6, 6.07) is 15.2. The molecule has 174 valence electrons. The SMILES string of the molecule is CCCC1CCC(c2ccc(OC(=O)c3ccc(OC(C)CC(C)OC)cc3)cc2)CC1. The first-order valence-electron chi connectivity index (χ1n) is 12.1. The minimum absolute atomic E-state index is 0.0305. The molecule has 0 radical (unpaired) electrons. The molecule has 1 aliphatic carbocycles. The van der Waals surface area contributed by atoms with Gasteiger partial charge in [-0.05, 0) is 93.3 Å². The maximum atomic E-state index is 12.5. The van der Waals surface area contributed by atoms with Crippen LogP contribution >= 0.6 is 0 Å². The Morgan fingerprint density at radius 1 is 0.906 bits per heavy atom. The van der Waals surface area contributed by atoms with Gasteiger partial charge in [-0.25, -0.2) is 4.79 Å². The highest BCUT2D eigenvalue weighted by molar-refractivity contribution is 5.91. The van der Waals surface area contributed by atoms with Crippen molar-refractivity contribution in [2.24, 2.45) is 5.92 Å². The van der Waals surface area contributed by atoms with Gasteiger partial charge in [-0.2, -0.15) is 0 Å². The molecule has 3 rings (SSSR count). The van der Waals surface area contributed by atoms with Gasteiger partial charge in [0.05, 0.1) is 17.8 Å². The Labute approximate surface area is 193 Å². The molecule has 1 aliphatic rings. The summed E-state index contributed by atoms with van der Waals surface area (Å²) < 4.78 is 16.8. The van der Waals surface area contributed by atoms with Gasteiger partial charge in [0.25, 0.3) is 0 Å². The van der Waals surface area contributed by atoms with E-state index in [9.17, 15) is 4.79 Å². The van der Waals surface area contributed by atoms with E-state index in [1.54, 1.807) is 19.2 Å². The van der Waals surface area contributed by atoms with E-state index in [0.29, 0.717) is 17.2 Å². The summed E-state index contributed by atoms with van der Waals surface area (Å²) in [5.41, 5.74) is 1.87. The van der Waals surface area contributed by atoms with Crippen molar-refractivity contribution in [2.45, 2.75) is 83.8 Å². The molecule has 2 unspecified atom stereocenters. The summed E-state index contributed by atoms with van der Waals surface area (Å²) in [5, 5.41) is 0. The van der Waals surface area contributed by atoms with Crippen molar-refractivity contribution in [1.82, 2.24) is 0 Å². The van der Waals surface area contributed by atoms with Gasteiger partial charge in [-0.3, -0.25) is 0 Å². The van der Waals surface area contributed by atoms with Crippen molar-refractivity contribution >= 4 is 5.97 Å². The van der Waals surface area contributed by atoms with E-state index in [1.165, 1.54) is 44.1 Å². The third-order valence-corrected chi connectivity index (χ3v) is 6.60. The molecule has 0 aliphatic heterocycles. The molecular weight excluding hydrogens is 400 g/mol. The Kier molecular flexibility index (Phi) is 9.16. The Hall–Kier alpha value is -2.33. The first-order valence-corrected chi connectivity index (χ1v) is 12.1. The average molecular weight is 439 g/mol. The monoisotopic (exact) mass is 438 g/mol. The largest absolute Gasteiger partial charge is 0.491 e. The molecule has 0 N–H and O–H groups in total. The van der Waals surface area contributed by atoms with Crippen molar-refractivity contribution in [3.8, 4) is 11.5 Å². The van der Waals surface area contributed by atoms with Crippen LogP contribution < -0.4 is 9.47 Å². The Balaban J connectivity index is 1.50. The first kappa shape index (κ1) is 24.3. The fraction of sp³-hybridized carbons (Fsp3) is 0.536. The quantitative estimate of drug-likeness (QED) is 0.291. The third-order valence-electron chi connectivity index (χ3n) is 6.60. The van der Waals surface area contributed by atoms with Gasteiger partial charge in [-0.15, -0.1) is 0 Å². The zero-order valence-corrected chi connectivity index (χ0v) is 20.0. The fourth-order valence-electron chi connectivity index (χ4n) is 4.68. The molecule has 4 heteroatoms. The molecule has 2 atom stereocenters. The number of benzene rings is 2. The molecule has 4 nitrogen and oxygen atoms in total. The molecule has 0 bridgehead atoms. The van der Waals surface area contributed by atoms with Gasteiger partial charge in [0.1, 0.15) is 11.5 Å². The Bertz CT molecular complexity index is 820. The van der Waals surface area contributed by atoms with E-state index in [0.717, 1.165) is 18.1 Å². The summed E-state index contributed by atoms with van der Waals surface area (Å²) in [4.78, 5) is 12.5. The number of ether oxygens (including phenoxy) is 3. The van der Waals surface area contributed by atoms with E-state index < -0.39 is 0 Å². The number of hydrogen-bond acceptors (Lipinski definition) is 4.